The molecule has 2 heteroatoms. The summed E-state index contributed by atoms with van der Waals surface area (Å²) in [6, 6.07) is 48.8. The largest absolute Gasteiger partial charge is 0.341 e. The molecule has 0 atom stereocenters. The summed E-state index contributed by atoms with van der Waals surface area (Å²) in [6.45, 7) is 30.4. The predicted molar refractivity (Wildman–Crippen MR) is 256 cm³/mol. The van der Waals surface area contributed by atoms with Gasteiger partial charge in [0, 0.05) is 56.7 Å². The lowest BCUT2D eigenvalue weighted by atomic mass is 10.0. The molecule has 2 nitrogen and oxygen atoms in total. The zero-order chi connectivity index (χ0) is 41.6. The maximum absolute atomic E-state index is 2.42. The molecule has 0 spiro atoms. The highest BCUT2D eigenvalue weighted by atomic mass is 15.0. The molecule has 298 valence electrons. The van der Waals surface area contributed by atoms with Gasteiger partial charge in [0.25, 0.3) is 0 Å². The van der Waals surface area contributed by atoms with Crippen LogP contribution in [0.4, 0.5) is 0 Å². The van der Waals surface area contributed by atoms with Crippen LogP contribution in [0.1, 0.15) is 119 Å². The van der Waals surface area contributed by atoms with Crippen molar-refractivity contribution >= 4 is 43.6 Å². The normalized spacial score (nSPS) is 10.1. The second-order valence-electron chi connectivity index (χ2n) is 11.9. The summed E-state index contributed by atoms with van der Waals surface area (Å²) in [4.78, 5) is 0. The first kappa shape index (κ1) is 47.1. The van der Waals surface area contributed by atoms with Crippen LogP contribution in [0, 0.1) is 0 Å². The lowest BCUT2D eigenvalue weighted by Crippen LogP contribution is -1.94. The molecule has 6 aromatic carbocycles. The van der Waals surface area contributed by atoms with Crippen molar-refractivity contribution in [3.05, 3.63) is 156 Å². The minimum atomic E-state index is 0.948. The van der Waals surface area contributed by atoms with Crippen molar-refractivity contribution in [1.82, 2.24) is 9.13 Å². The van der Waals surface area contributed by atoms with Crippen LogP contribution < -0.4 is 0 Å². The molecule has 0 saturated heterocycles. The van der Waals surface area contributed by atoms with E-state index in [-0.39, 0.29) is 0 Å². The highest BCUT2D eigenvalue weighted by Gasteiger charge is 2.16. The van der Waals surface area contributed by atoms with Crippen molar-refractivity contribution in [2.75, 3.05) is 0 Å². The molecule has 0 fully saturated rings. The van der Waals surface area contributed by atoms with Crippen LogP contribution in [0.3, 0.4) is 0 Å². The van der Waals surface area contributed by atoms with E-state index < -0.39 is 0 Å². The minimum Gasteiger partial charge on any atom is -0.341 e. The van der Waals surface area contributed by atoms with Crippen molar-refractivity contribution in [1.29, 1.82) is 0 Å². The van der Waals surface area contributed by atoms with E-state index >= 15 is 0 Å². The van der Waals surface area contributed by atoms with Crippen LogP contribution in [0.2, 0.25) is 0 Å². The molecular weight excluding hydrogens is 677 g/mol. The highest BCUT2D eigenvalue weighted by molar-refractivity contribution is 6.09. The van der Waals surface area contributed by atoms with Crippen molar-refractivity contribution in [2.24, 2.45) is 0 Å². The minimum absolute atomic E-state index is 0.948. The lowest BCUT2D eigenvalue weighted by molar-refractivity contribution is 0.827. The Bertz CT molecular complexity index is 2150. The van der Waals surface area contributed by atoms with Crippen LogP contribution >= 0.6 is 0 Å². The molecule has 0 bridgehead atoms. The fourth-order valence-electron chi connectivity index (χ4n) is 7.42. The number of aromatic nitrogens is 2. The van der Waals surface area contributed by atoms with Gasteiger partial charge < -0.3 is 9.13 Å². The third-order valence-corrected chi connectivity index (χ3v) is 9.42. The topological polar surface area (TPSA) is 9.86 Å². The summed E-state index contributed by atoms with van der Waals surface area (Å²) in [5.74, 6) is 0. The molecule has 1 aliphatic rings. The maximum Gasteiger partial charge on any atom is 0.0491 e. The van der Waals surface area contributed by atoms with E-state index in [0.29, 0.717) is 0 Å². The van der Waals surface area contributed by atoms with Crippen molar-refractivity contribution in [3.63, 3.8) is 0 Å². The van der Waals surface area contributed by atoms with Crippen LogP contribution in [-0.4, -0.2) is 9.13 Å². The Balaban J connectivity index is 0.000000361. The average molecular weight is 749 g/mol. The van der Waals surface area contributed by atoms with Crippen LogP contribution in [0.15, 0.2) is 133 Å². The quantitative estimate of drug-likeness (QED) is 0.170. The molecule has 0 radical (unpaired) electrons. The third-order valence-electron chi connectivity index (χ3n) is 9.42. The van der Waals surface area contributed by atoms with Gasteiger partial charge in [0.1, 0.15) is 0 Å². The summed E-state index contributed by atoms with van der Waals surface area (Å²) in [5.41, 5.74) is 13.8. The molecule has 0 unspecified atom stereocenters. The van der Waals surface area contributed by atoms with Crippen LogP contribution in [0.25, 0.3) is 54.7 Å². The Morgan fingerprint density at radius 1 is 0.357 bits per heavy atom. The Labute approximate surface area is 341 Å². The number of aryl methyl sites for hydroxylation is 2. The Morgan fingerprint density at radius 3 is 1.05 bits per heavy atom. The number of benzene rings is 6. The third kappa shape index (κ3) is 10.2. The van der Waals surface area contributed by atoms with Gasteiger partial charge in [-0.2, -0.15) is 0 Å². The number of para-hydroxylation sites is 2. The number of hydrogen-bond donors (Lipinski definition) is 0. The fraction of sp³-hybridized carbons (Fsp3) is 0.333. The standard InChI is InChI=1S/C29H26N2.C13H10.6C2H6/c1-3-30-26-11-7-5-9-22(26)24-18-20(13-15-28(24)30)17-21-14-16-29-25(19-21)23-10-6-8-12-27(23)31(29)4-2;1-3-7-12-10(5-1)9-11-6-2-4-8-13(11)12;6*1-2/h5-16,18-19H,3-4,17H2,1-2H3;1-8H,9H2;6*1-2H3. The van der Waals surface area contributed by atoms with E-state index in [4.69, 9.17) is 0 Å². The summed E-state index contributed by atoms with van der Waals surface area (Å²) in [7, 11) is 0. The zero-order valence-electron chi connectivity index (χ0n) is 37.4. The highest BCUT2D eigenvalue weighted by Crippen LogP contribution is 2.36. The number of fused-ring (bicyclic) bond motifs is 9. The van der Waals surface area contributed by atoms with Gasteiger partial charge >= 0.3 is 0 Å². The molecule has 0 aliphatic heterocycles. The van der Waals surface area contributed by atoms with Gasteiger partial charge in [-0.3, -0.25) is 0 Å². The predicted octanol–water partition coefficient (Wildman–Crippen LogP) is 16.9. The second kappa shape index (κ2) is 25.2. The number of nitrogens with zero attached hydrogens (tertiary/aromatic N) is 2. The lowest BCUT2D eigenvalue weighted by Gasteiger charge is -2.06. The van der Waals surface area contributed by atoms with Gasteiger partial charge in [0.2, 0.25) is 0 Å². The molecule has 2 heterocycles. The van der Waals surface area contributed by atoms with Gasteiger partial charge in [-0.15, -0.1) is 0 Å². The van der Waals surface area contributed by atoms with E-state index in [2.05, 4.69) is 156 Å². The first-order valence-corrected chi connectivity index (χ1v) is 21.9. The average Bonchev–Trinajstić information content (AvgIpc) is 3.95. The maximum atomic E-state index is 2.42. The monoisotopic (exact) mass is 749 g/mol. The van der Waals surface area contributed by atoms with Crippen molar-refractivity contribution < 1.29 is 0 Å². The zero-order valence-corrected chi connectivity index (χ0v) is 37.4. The Morgan fingerprint density at radius 2 is 0.679 bits per heavy atom. The van der Waals surface area contributed by atoms with Gasteiger partial charge in [0.05, 0.1) is 0 Å². The van der Waals surface area contributed by atoms with E-state index in [1.165, 1.54) is 77.0 Å². The van der Waals surface area contributed by atoms with Gasteiger partial charge in [-0.1, -0.05) is 180 Å². The summed E-state index contributed by atoms with van der Waals surface area (Å²) < 4.78 is 4.83. The van der Waals surface area contributed by atoms with Crippen molar-refractivity contribution in [3.8, 4) is 11.1 Å². The molecule has 56 heavy (non-hydrogen) atoms. The SMILES string of the molecule is CC.CC.CC.CC.CC.CC.CCn1c2ccccc2c2cc(Cc3ccc4c(c3)c3ccccc3n4CC)ccc21.c1ccc2c(c1)Cc1ccccc1-2. The van der Waals surface area contributed by atoms with E-state index in [1.54, 1.807) is 0 Å². The summed E-state index contributed by atoms with van der Waals surface area (Å²) >= 11 is 0. The first-order valence-electron chi connectivity index (χ1n) is 21.9. The number of hydrogen-bond acceptors (Lipinski definition) is 0. The molecule has 8 aromatic rings. The Hall–Kier alpha value is -5.08. The molecule has 9 rings (SSSR count). The molecule has 1 aliphatic carbocycles. The van der Waals surface area contributed by atoms with Crippen LogP contribution in [0.5, 0.6) is 0 Å². The first-order chi connectivity index (χ1) is 27.7. The van der Waals surface area contributed by atoms with Gasteiger partial charge in [-0.05, 0) is 96.5 Å². The fourth-order valence-corrected chi connectivity index (χ4v) is 7.42. The molecule has 0 amide bonds. The summed E-state index contributed by atoms with van der Waals surface area (Å²) in [6.07, 6.45) is 2.05. The smallest absolute Gasteiger partial charge is 0.0491 e. The van der Waals surface area contributed by atoms with E-state index in [1.807, 2.05) is 83.1 Å². The van der Waals surface area contributed by atoms with Crippen molar-refractivity contribution in [2.45, 2.75) is 123 Å². The van der Waals surface area contributed by atoms with Gasteiger partial charge in [0.15, 0.2) is 0 Å². The van der Waals surface area contributed by atoms with E-state index in [0.717, 1.165) is 25.9 Å². The van der Waals surface area contributed by atoms with Crippen LogP contribution in [-0.2, 0) is 25.9 Å². The Kier molecular flexibility index (Phi) is 21.1. The molecule has 0 N–H and O–H groups in total. The van der Waals surface area contributed by atoms with Gasteiger partial charge in [-0.25, -0.2) is 0 Å². The second-order valence-corrected chi connectivity index (χ2v) is 11.9. The molecule has 0 saturated carbocycles. The summed E-state index contributed by atoms with van der Waals surface area (Å²) in [5, 5.41) is 5.42. The molecule has 2 aromatic heterocycles. The number of rotatable bonds is 4. The van der Waals surface area contributed by atoms with E-state index in [9.17, 15) is 0 Å². The molecular formula is C54H72N2.